The van der Waals surface area contributed by atoms with Crippen LogP contribution in [0, 0.1) is 6.92 Å². The van der Waals surface area contributed by atoms with Crippen LogP contribution in [0.4, 0.5) is 0 Å². The molecule has 0 aliphatic carbocycles. The molecule has 0 spiro atoms. The second-order valence-electron chi connectivity index (χ2n) is 6.94. The summed E-state index contributed by atoms with van der Waals surface area (Å²) in [5.74, 6) is -0.306. The van der Waals surface area contributed by atoms with Crippen molar-refractivity contribution in [2.24, 2.45) is 7.05 Å². The fraction of sp³-hybridized carbons (Fsp3) is 0.412. The van der Waals surface area contributed by atoms with Crippen molar-refractivity contribution in [2.75, 3.05) is 0 Å². The van der Waals surface area contributed by atoms with Gasteiger partial charge >= 0.3 is 0 Å². The van der Waals surface area contributed by atoms with Crippen LogP contribution < -0.4 is 10.0 Å². The minimum atomic E-state index is -3.68. The van der Waals surface area contributed by atoms with Crippen LogP contribution in [0.3, 0.4) is 0 Å². The quantitative estimate of drug-likeness (QED) is 0.845. The number of aromatic nitrogens is 2. The monoisotopic (exact) mass is 364 g/mol. The van der Waals surface area contributed by atoms with Gasteiger partial charge in [-0.05, 0) is 45.4 Å². The maximum absolute atomic E-state index is 12.6. The molecule has 0 bridgehead atoms. The summed E-state index contributed by atoms with van der Waals surface area (Å²) in [6, 6.07) is 8.30. The third-order valence-electron chi connectivity index (χ3n) is 3.38. The second kappa shape index (κ2) is 6.97. The predicted molar refractivity (Wildman–Crippen MR) is 95.6 cm³/mol. The molecule has 8 heteroatoms. The van der Waals surface area contributed by atoms with Crippen molar-refractivity contribution in [3.63, 3.8) is 0 Å². The lowest BCUT2D eigenvalue weighted by Gasteiger charge is -2.21. The first-order chi connectivity index (χ1) is 11.5. The molecule has 2 N–H and O–H groups in total. The molecule has 2 aromatic rings. The molecule has 0 saturated carbocycles. The lowest BCUT2D eigenvalue weighted by molar-refractivity contribution is 0.0941. The number of carbonyl (C=O) groups excluding carboxylic acids is 1. The Morgan fingerprint density at radius 2 is 1.88 bits per heavy atom. The summed E-state index contributed by atoms with van der Waals surface area (Å²) < 4.78 is 29.3. The van der Waals surface area contributed by atoms with E-state index in [1.807, 2.05) is 0 Å². The fourth-order valence-electron chi connectivity index (χ4n) is 2.46. The van der Waals surface area contributed by atoms with Gasteiger partial charge in [0, 0.05) is 19.1 Å². The summed E-state index contributed by atoms with van der Waals surface area (Å²) >= 11 is 0. The Balaban J connectivity index is 2.21. The van der Waals surface area contributed by atoms with Crippen LogP contribution in [0.1, 0.15) is 42.5 Å². The Morgan fingerprint density at radius 1 is 1.24 bits per heavy atom. The molecule has 1 aromatic carbocycles. The molecule has 0 radical (unpaired) electrons. The number of amides is 1. The van der Waals surface area contributed by atoms with E-state index in [0.29, 0.717) is 11.3 Å². The number of hydrogen-bond acceptors (Lipinski definition) is 4. The van der Waals surface area contributed by atoms with Crippen LogP contribution in [0.2, 0.25) is 0 Å². The fourth-order valence-corrected chi connectivity index (χ4v) is 4.12. The standard InChI is InChI=1S/C17H24N4O3S/c1-12-10-14(21(5)19-12)16(22)18-11-13-8-6-7-9-15(13)25(23,24)20-17(2,3)4/h6-10,20H,11H2,1-5H3,(H,18,22). The van der Waals surface area contributed by atoms with E-state index in [1.54, 1.807) is 59.0 Å². The van der Waals surface area contributed by atoms with Gasteiger partial charge in [-0.3, -0.25) is 9.48 Å². The lowest BCUT2D eigenvalue weighted by atomic mass is 10.1. The maximum Gasteiger partial charge on any atom is 0.269 e. The van der Waals surface area contributed by atoms with E-state index in [9.17, 15) is 13.2 Å². The highest BCUT2D eigenvalue weighted by molar-refractivity contribution is 7.89. The van der Waals surface area contributed by atoms with Crippen LogP contribution in [0.15, 0.2) is 35.2 Å². The van der Waals surface area contributed by atoms with Crippen molar-refractivity contribution >= 4 is 15.9 Å². The van der Waals surface area contributed by atoms with E-state index in [-0.39, 0.29) is 17.3 Å². The average Bonchev–Trinajstić information content (AvgIpc) is 2.81. The van der Waals surface area contributed by atoms with Crippen molar-refractivity contribution in [1.82, 2.24) is 19.8 Å². The van der Waals surface area contributed by atoms with Crippen LogP contribution >= 0.6 is 0 Å². The molecule has 0 fully saturated rings. The minimum absolute atomic E-state index is 0.101. The summed E-state index contributed by atoms with van der Waals surface area (Å²) in [5, 5.41) is 6.89. The van der Waals surface area contributed by atoms with Gasteiger partial charge in [-0.2, -0.15) is 5.10 Å². The van der Waals surface area contributed by atoms with Crippen LogP contribution in [0.5, 0.6) is 0 Å². The van der Waals surface area contributed by atoms with Crippen molar-refractivity contribution in [3.05, 3.63) is 47.3 Å². The zero-order valence-electron chi connectivity index (χ0n) is 15.1. The van der Waals surface area contributed by atoms with Gasteiger partial charge in [0.05, 0.1) is 10.6 Å². The number of hydrogen-bond donors (Lipinski definition) is 2. The van der Waals surface area contributed by atoms with Gasteiger partial charge < -0.3 is 5.32 Å². The Bertz CT molecular complexity index is 880. The average molecular weight is 364 g/mol. The van der Waals surface area contributed by atoms with Crippen LogP contribution in [0.25, 0.3) is 0 Å². The molecule has 1 aromatic heterocycles. The zero-order chi connectivity index (χ0) is 18.8. The summed E-state index contributed by atoms with van der Waals surface area (Å²) in [6.07, 6.45) is 0. The highest BCUT2D eigenvalue weighted by atomic mass is 32.2. The van der Waals surface area contributed by atoms with E-state index in [4.69, 9.17) is 0 Å². The highest BCUT2D eigenvalue weighted by Gasteiger charge is 2.24. The SMILES string of the molecule is Cc1cc(C(=O)NCc2ccccc2S(=O)(=O)NC(C)(C)C)n(C)n1. The number of benzene rings is 1. The van der Waals surface area contributed by atoms with E-state index in [0.717, 1.165) is 5.69 Å². The number of aryl methyl sites for hydroxylation is 2. The van der Waals surface area contributed by atoms with Gasteiger partial charge in [0.2, 0.25) is 10.0 Å². The Labute approximate surface area is 148 Å². The summed E-state index contributed by atoms with van der Waals surface area (Å²) in [5.41, 5.74) is 1.09. The molecule has 0 unspecified atom stereocenters. The van der Waals surface area contributed by atoms with Gasteiger partial charge in [-0.15, -0.1) is 0 Å². The highest BCUT2D eigenvalue weighted by Crippen LogP contribution is 2.18. The van der Waals surface area contributed by atoms with Crippen LogP contribution in [-0.4, -0.2) is 29.6 Å². The van der Waals surface area contributed by atoms with E-state index in [2.05, 4.69) is 15.1 Å². The molecular formula is C17H24N4O3S. The van der Waals surface area contributed by atoms with Gasteiger partial charge in [0.15, 0.2) is 0 Å². The Morgan fingerprint density at radius 3 is 2.44 bits per heavy atom. The van der Waals surface area contributed by atoms with Crippen molar-refractivity contribution in [1.29, 1.82) is 0 Å². The number of rotatable bonds is 5. The zero-order valence-corrected chi connectivity index (χ0v) is 15.9. The smallest absolute Gasteiger partial charge is 0.269 e. The summed E-state index contributed by atoms with van der Waals surface area (Å²) in [4.78, 5) is 12.5. The number of nitrogens with zero attached hydrogens (tertiary/aromatic N) is 2. The molecule has 7 nitrogen and oxygen atoms in total. The predicted octanol–water partition coefficient (Wildman–Crippen LogP) is 1.74. The number of sulfonamides is 1. The molecule has 0 atom stereocenters. The maximum atomic E-state index is 12.6. The van der Waals surface area contributed by atoms with Gasteiger partial charge in [-0.1, -0.05) is 18.2 Å². The normalized spacial score (nSPS) is 12.2. The van der Waals surface area contributed by atoms with Crippen LogP contribution in [-0.2, 0) is 23.6 Å². The van der Waals surface area contributed by atoms with Gasteiger partial charge in [0.1, 0.15) is 5.69 Å². The van der Waals surface area contributed by atoms with Crippen molar-refractivity contribution < 1.29 is 13.2 Å². The Hall–Kier alpha value is -2.19. The summed E-state index contributed by atoms with van der Waals surface area (Å²) in [7, 11) is -2.00. The molecule has 136 valence electrons. The molecule has 1 amide bonds. The number of nitrogens with one attached hydrogen (secondary N) is 2. The van der Waals surface area contributed by atoms with Crippen molar-refractivity contribution in [3.8, 4) is 0 Å². The molecule has 25 heavy (non-hydrogen) atoms. The first kappa shape index (κ1) is 19.1. The molecule has 0 aliphatic heterocycles. The van der Waals surface area contributed by atoms with E-state index >= 15 is 0 Å². The minimum Gasteiger partial charge on any atom is -0.347 e. The largest absolute Gasteiger partial charge is 0.347 e. The van der Waals surface area contributed by atoms with E-state index < -0.39 is 15.6 Å². The molecule has 1 heterocycles. The van der Waals surface area contributed by atoms with Gasteiger partial charge in [-0.25, -0.2) is 13.1 Å². The second-order valence-corrected chi connectivity index (χ2v) is 8.59. The van der Waals surface area contributed by atoms with Crippen molar-refractivity contribution in [2.45, 2.75) is 44.7 Å². The first-order valence-corrected chi connectivity index (χ1v) is 9.39. The number of carbonyl (C=O) groups is 1. The molecule has 0 aliphatic rings. The third-order valence-corrected chi connectivity index (χ3v) is 5.24. The lowest BCUT2D eigenvalue weighted by Crippen LogP contribution is -2.41. The molecule has 0 saturated heterocycles. The first-order valence-electron chi connectivity index (χ1n) is 7.90. The van der Waals surface area contributed by atoms with Gasteiger partial charge in [0.25, 0.3) is 5.91 Å². The third kappa shape index (κ3) is 4.90. The molecule has 2 rings (SSSR count). The topological polar surface area (TPSA) is 93.1 Å². The summed E-state index contributed by atoms with van der Waals surface area (Å²) in [6.45, 7) is 7.24. The van der Waals surface area contributed by atoms with E-state index in [1.165, 1.54) is 10.7 Å². The Kier molecular flexibility index (Phi) is 5.34. The molecular weight excluding hydrogens is 340 g/mol.